The molecule has 2 N–H and O–H groups in total. The van der Waals surface area contributed by atoms with Crippen molar-refractivity contribution in [2.45, 2.75) is 0 Å². The fourth-order valence-electron chi connectivity index (χ4n) is 2.25. The van der Waals surface area contributed by atoms with Gasteiger partial charge in [-0.3, -0.25) is 4.79 Å². The van der Waals surface area contributed by atoms with E-state index >= 15 is 0 Å². The third-order valence-corrected chi connectivity index (χ3v) is 3.60. The number of aromatic nitrogens is 2. The monoisotopic (exact) mass is 328 g/mol. The van der Waals surface area contributed by atoms with Gasteiger partial charge in [0.05, 0.1) is 17.4 Å². The van der Waals surface area contributed by atoms with Crippen molar-refractivity contribution >= 4 is 17.3 Å². The van der Waals surface area contributed by atoms with Gasteiger partial charge in [-0.1, -0.05) is 12.1 Å². The van der Waals surface area contributed by atoms with Crippen molar-refractivity contribution < 1.29 is 13.6 Å². The van der Waals surface area contributed by atoms with Crippen LogP contribution in [0.4, 0.5) is 20.2 Å². The van der Waals surface area contributed by atoms with Gasteiger partial charge in [0.15, 0.2) is 0 Å². The molecule has 7 heteroatoms. The Morgan fingerprint density at radius 3 is 2.62 bits per heavy atom. The lowest BCUT2D eigenvalue weighted by Crippen LogP contribution is -2.26. The minimum absolute atomic E-state index is 0.0470. The number of para-hydroxylation sites is 1. The van der Waals surface area contributed by atoms with Gasteiger partial charge in [0.2, 0.25) is 0 Å². The number of amides is 1. The zero-order valence-electron chi connectivity index (χ0n) is 12.8. The van der Waals surface area contributed by atoms with Crippen LogP contribution in [0.15, 0.2) is 54.9 Å². The lowest BCUT2D eigenvalue weighted by atomic mass is 10.2. The van der Waals surface area contributed by atoms with E-state index in [1.54, 1.807) is 18.2 Å². The minimum Gasteiger partial charge on any atom is -0.396 e. The highest BCUT2D eigenvalue weighted by molar-refractivity contribution is 6.05. The summed E-state index contributed by atoms with van der Waals surface area (Å²) in [6.45, 7) is 0. The molecule has 1 heterocycles. The molecule has 122 valence electrons. The van der Waals surface area contributed by atoms with Crippen molar-refractivity contribution in [3.05, 3.63) is 72.1 Å². The second kappa shape index (κ2) is 6.11. The number of nitrogens with two attached hydrogens (primary N) is 1. The maximum Gasteiger partial charge on any atom is 0.261 e. The van der Waals surface area contributed by atoms with Crippen LogP contribution in [0.1, 0.15) is 10.4 Å². The second-order valence-electron chi connectivity index (χ2n) is 5.19. The number of nitrogens with zero attached hydrogens (tertiary/aromatic N) is 3. The van der Waals surface area contributed by atoms with E-state index < -0.39 is 11.6 Å². The number of hydrogen-bond acceptors (Lipinski definition) is 3. The van der Waals surface area contributed by atoms with E-state index in [4.69, 9.17) is 5.73 Å². The van der Waals surface area contributed by atoms with Crippen LogP contribution in [-0.2, 0) is 0 Å². The Kier molecular flexibility index (Phi) is 3.99. The first-order valence-electron chi connectivity index (χ1n) is 7.10. The average molecular weight is 328 g/mol. The molecule has 24 heavy (non-hydrogen) atoms. The Labute approximate surface area is 136 Å². The van der Waals surface area contributed by atoms with Gasteiger partial charge in [0, 0.05) is 18.9 Å². The first kappa shape index (κ1) is 15.7. The van der Waals surface area contributed by atoms with Gasteiger partial charge in [0.1, 0.15) is 17.3 Å². The van der Waals surface area contributed by atoms with Crippen molar-refractivity contribution in [3.63, 3.8) is 0 Å². The zero-order valence-corrected chi connectivity index (χ0v) is 12.8. The normalized spacial score (nSPS) is 10.6. The number of carbonyl (C=O) groups excluding carboxylic acids is 1. The quantitative estimate of drug-likeness (QED) is 0.752. The predicted octanol–water partition coefficient (Wildman–Crippen LogP) is 3.01. The van der Waals surface area contributed by atoms with Crippen LogP contribution in [0.2, 0.25) is 0 Å². The molecule has 2 aromatic carbocycles. The molecule has 0 aliphatic heterocycles. The molecular weight excluding hydrogens is 314 g/mol. The summed E-state index contributed by atoms with van der Waals surface area (Å²) in [6, 6.07) is 10.1. The fourth-order valence-corrected chi connectivity index (χ4v) is 2.25. The van der Waals surface area contributed by atoms with Gasteiger partial charge in [-0.05, 0) is 30.3 Å². The molecule has 0 aliphatic carbocycles. The van der Waals surface area contributed by atoms with E-state index in [2.05, 4.69) is 5.10 Å². The topological polar surface area (TPSA) is 64.2 Å². The van der Waals surface area contributed by atoms with Crippen LogP contribution < -0.4 is 10.6 Å². The van der Waals surface area contributed by atoms with Gasteiger partial charge in [-0.2, -0.15) is 5.10 Å². The second-order valence-corrected chi connectivity index (χ2v) is 5.19. The Balaban J connectivity index is 1.88. The first-order valence-corrected chi connectivity index (χ1v) is 7.10. The van der Waals surface area contributed by atoms with E-state index in [1.807, 2.05) is 0 Å². The molecule has 0 bridgehead atoms. The number of benzene rings is 2. The number of anilines is 2. The van der Waals surface area contributed by atoms with Crippen LogP contribution in [0.5, 0.6) is 0 Å². The van der Waals surface area contributed by atoms with Crippen LogP contribution in [0.3, 0.4) is 0 Å². The summed E-state index contributed by atoms with van der Waals surface area (Å²) in [5, 5.41) is 4.02. The van der Waals surface area contributed by atoms with Crippen molar-refractivity contribution in [1.29, 1.82) is 0 Å². The Hall–Kier alpha value is -3.22. The van der Waals surface area contributed by atoms with Crippen molar-refractivity contribution in [3.8, 4) is 5.69 Å². The molecule has 0 spiro atoms. The molecule has 0 atom stereocenters. The molecule has 0 unspecified atom stereocenters. The predicted molar refractivity (Wildman–Crippen MR) is 87.1 cm³/mol. The summed E-state index contributed by atoms with van der Waals surface area (Å²) in [5.74, 6) is -1.37. The van der Waals surface area contributed by atoms with Gasteiger partial charge in [-0.25, -0.2) is 13.5 Å². The van der Waals surface area contributed by atoms with E-state index in [-0.39, 0.29) is 22.8 Å². The number of halogens is 2. The molecule has 0 aliphatic rings. The summed E-state index contributed by atoms with van der Waals surface area (Å²) < 4.78 is 28.3. The molecule has 0 fully saturated rings. The Morgan fingerprint density at radius 1 is 1.17 bits per heavy atom. The van der Waals surface area contributed by atoms with Crippen LogP contribution in [-0.4, -0.2) is 22.7 Å². The number of nitrogen functional groups attached to an aromatic ring is 1. The molecule has 5 nitrogen and oxygen atoms in total. The highest BCUT2D eigenvalue weighted by atomic mass is 19.1. The first-order chi connectivity index (χ1) is 11.5. The summed E-state index contributed by atoms with van der Waals surface area (Å²) in [6.07, 6.45) is 2.78. The zero-order chi connectivity index (χ0) is 17.3. The van der Waals surface area contributed by atoms with Gasteiger partial charge >= 0.3 is 0 Å². The minimum atomic E-state index is -0.549. The standard InChI is InChI=1S/C17H14F2N4O/c1-22(12-6-7-13(18)15(20)8-12)17(24)11-9-21-23(10-11)16-5-3-2-4-14(16)19/h2-10H,20H2,1H3. The third-order valence-electron chi connectivity index (χ3n) is 3.60. The van der Waals surface area contributed by atoms with Gasteiger partial charge in [-0.15, -0.1) is 0 Å². The Bertz CT molecular complexity index is 907. The molecule has 0 saturated heterocycles. The maximum absolute atomic E-state index is 13.8. The number of hydrogen-bond donors (Lipinski definition) is 1. The van der Waals surface area contributed by atoms with Crippen molar-refractivity contribution in [2.75, 3.05) is 17.7 Å². The molecule has 0 radical (unpaired) electrons. The summed E-state index contributed by atoms with van der Waals surface area (Å²) in [4.78, 5) is 13.8. The van der Waals surface area contributed by atoms with Gasteiger partial charge in [0.25, 0.3) is 5.91 Å². The maximum atomic E-state index is 13.8. The van der Waals surface area contributed by atoms with E-state index in [0.29, 0.717) is 5.69 Å². The highest BCUT2D eigenvalue weighted by Crippen LogP contribution is 2.21. The highest BCUT2D eigenvalue weighted by Gasteiger charge is 2.17. The molecule has 3 rings (SSSR count). The summed E-state index contributed by atoms with van der Waals surface area (Å²) in [7, 11) is 1.54. The summed E-state index contributed by atoms with van der Waals surface area (Å²) >= 11 is 0. The van der Waals surface area contributed by atoms with Crippen LogP contribution in [0.25, 0.3) is 5.69 Å². The number of rotatable bonds is 3. The molecule has 0 saturated carbocycles. The SMILES string of the molecule is CN(C(=O)c1cnn(-c2ccccc2F)c1)c1ccc(F)c(N)c1. The van der Waals surface area contributed by atoms with Gasteiger partial charge < -0.3 is 10.6 Å². The lowest BCUT2D eigenvalue weighted by molar-refractivity contribution is 0.0993. The Morgan fingerprint density at radius 2 is 1.92 bits per heavy atom. The smallest absolute Gasteiger partial charge is 0.261 e. The van der Waals surface area contributed by atoms with E-state index in [1.165, 1.54) is 53.3 Å². The molecule has 1 aromatic heterocycles. The molecule has 1 amide bonds. The lowest BCUT2D eigenvalue weighted by Gasteiger charge is -2.17. The summed E-state index contributed by atoms with van der Waals surface area (Å²) in [5.41, 5.74) is 6.43. The van der Waals surface area contributed by atoms with E-state index in [0.717, 1.165) is 0 Å². The van der Waals surface area contributed by atoms with Crippen LogP contribution >= 0.6 is 0 Å². The molecule has 3 aromatic rings. The van der Waals surface area contributed by atoms with Crippen LogP contribution in [0, 0.1) is 11.6 Å². The molecular formula is C17H14F2N4O. The third kappa shape index (κ3) is 2.83. The fraction of sp³-hybridized carbons (Fsp3) is 0.0588. The largest absolute Gasteiger partial charge is 0.396 e. The number of carbonyl (C=O) groups is 1. The van der Waals surface area contributed by atoms with Crippen molar-refractivity contribution in [1.82, 2.24) is 9.78 Å². The average Bonchev–Trinajstić information content (AvgIpc) is 3.06. The van der Waals surface area contributed by atoms with Crippen molar-refractivity contribution in [2.24, 2.45) is 0 Å². The van der Waals surface area contributed by atoms with E-state index in [9.17, 15) is 13.6 Å².